The van der Waals surface area contributed by atoms with E-state index in [-0.39, 0.29) is 12.6 Å². The number of halogens is 1. The van der Waals surface area contributed by atoms with Gasteiger partial charge in [-0.05, 0) is 76.4 Å². The monoisotopic (exact) mass is 504 g/mol. The summed E-state index contributed by atoms with van der Waals surface area (Å²) in [5.41, 5.74) is 3.26. The van der Waals surface area contributed by atoms with Crippen molar-refractivity contribution >= 4 is 46.1 Å². The Bertz CT molecular complexity index is 1100. The number of rotatable bonds is 8. The van der Waals surface area contributed by atoms with Crippen molar-refractivity contribution in [3.8, 4) is 0 Å². The zero-order valence-electron chi connectivity index (χ0n) is 17.8. The second-order valence-corrected chi connectivity index (χ2v) is 10.3. The van der Waals surface area contributed by atoms with E-state index in [0.29, 0.717) is 11.6 Å². The third kappa shape index (κ3) is 5.83. The smallest absolute Gasteiger partial charge is 0.255 e. The van der Waals surface area contributed by atoms with Gasteiger partial charge >= 0.3 is 0 Å². The van der Waals surface area contributed by atoms with Gasteiger partial charge < -0.3 is 20.4 Å². The number of nitrogens with zero attached hydrogens (tertiary/aromatic N) is 1. The highest BCUT2D eigenvalue weighted by Crippen LogP contribution is 2.33. The molecule has 3 aromatic rings. The first-order chi connectivity index (χ1) is 15.9. The molecule has 0 bridgehead atoms. The van der Waals surface area contributed by atoms with E-state index in [9.17, 15) is 19.8 Å². The number of amides is 2. The van der Waals surface area contributed by atoms with Crippen molar-refractivity contribution in [2.24, 2.45) is 0 Å². The Labute approximate surface area is 205 Å². The first-order valence-electron chi connectivity index (χ1n) is 10.7. The molecule has 2 aromatic heterocycles. The number of likely N-dealkylation sites (tertiary alicyclic amines) is 1. The van der Waals surface area contributed by atoms with Crippen LogP contribution in [-0.2, 0) is 22.6 Å². The van der Waals surface area contributed by atoms with E-state index in [1.807, 2.05) is 29.0 Å². The molecule has 4 rings (SSSR count). The fourth-order valence-electron chi connectivity index (χ4n) is 4.06. The summed E-state index contributed by atoms with van der Waals surface area (Å²) in [4.78, 5) is 27.8. The normalized spacial score (nSPS) is 17.7. The lowest BCUT2D eigenvalue weighted by molar-refractivity contribution is -0.153. The minimum absolute atomic E-state index is 0.222. The van der Waals surface area contributed by atoms with Gasteiger partial charge in [0, 0.05) is 16.4 Å². The van der Waals surface area contributed by atoms with Crippen molar-refractivity contribution in [3.05, 3.63) is 79.1 Å². The van der Waals surface area contributed by atoms with Crippen LogP contribution in [0.15, 0.2) is 52.5 Å². The average molecular weight is 505 g/mol. The van der Waals surface area contributed by atoms with Gasteiger partial charge in [-0.25, -0.2) is 0 Å². The van der Waals surface area contributed by atoms with Crippen molar-refractivity contribution in [3.63, 3.8) is 0 Å². The zero-order chi connectivity index (χ0) is 23.4. The molecule has 0 radical (unpaired) electrons. The quantitative estimate of drug-likeness (QED) is 0.436. The van der Waals surface area contributed by atoms with Crippen molar-refractivity contribution in [2.75, 3.05) is 6.54 Å². The molecule has 1 fully saturated rings. The van der Waals surface area contributed by atoms with Gasteiger partial charge in [0.25, 0.3) is 11.8 Å². The largest absolute Gasteiger partial charge is 0.380 e. The van der Waals surface area contributed by atoms with Gasteiger partial charge in [-0.1, -0.05) is 23.7 Å². The zero-order valence-corrected chi connectivity index (χ0v) is 20.2. The summed E-state index contributed by atoms with van der Waals surface area (Å²) < 4.78 is 0. The fraction of sp³-hybridized carbons (Fsp3) is 0.333. The van der Waals surface area contributed by atoms with Crippen LogP contribution in [0.4, 0.5) is 0 Å². The van der Waals surface area contributed by atoms with Gasteiger partial charge in [-0.3, -0.25) is 9.59 Å². The molecule has 33 heavy (non-hydrogen) atoms. The van der Waals surface area contributed by atoms with Crippen molar-refractivity contribution in [1.82, 2.24) is 10.2 Å². The number of carbonyl (C=O) groups excluding carboxylic acids is 2. The molecule has 3 heterocycles. The molecule has 1 aliphatic heterocycles. The van der Waals surface area contributed by atoms with Crippen LogP contribution in [0.2, 0.25) is 5.02 Å². The summed E-state index contributed by atoms with van der Waals surface area (Å²) in [6.45, 7) is 0.670. The van der Waals surface area contributed by atoms with E-state index < -0.39 is 24.0 Å². The lowest BCUT2D eigenvalue weighted by Gasteiger charge is -2.28. The van der Waals surface area contributed by atoms with E-state index in [1.54, 1.807) is 23.5 Å². The number of aliphatic hydroxyl groups excluding tert-OH is 2. The third-order valence-corrected chi connectivity index (χ3v) is 7.68. The number of benzene rings is 1. The molecule has 3 N–H and O–H groups in total. The Kier molecular flexibility index (Phi) is 7.82. The molecule has 0 aliphatic carbocycles. The molecule has 9 heteroatoms. The molecule has 0 spiro atoms. The second-order valence-electron chi connectivity index (χ2n) is 8.08. The van der Waals surface area contributed by atoms with Crippen molar-refractivity contribution < 1.29 is 19.8 Å². The Hall–Kier alpha value is -2.23. The standard InChI is InChI=1S/C24H25ClN2O4S2/c25-18-4-1-3-17(11-18)20-5-2-7-27(20)24(31)22(29)21(28)23(30)26-12-19-10-16(14-33-19)9-15-6-8-32-13-15/h1,3-4,6,8,10-11,13-14,20-22,28-29H,2,5,7,9,12H2,(H,26,30)/t20?,21-,22-/m1/s1. The highest BCUT2D eigenvalue weighted by Gasteiger charge is 2.38. The number of aliphatic hydroxyl groups is 2. The molecule has 6 nitrogen and oxygen atoms in total. The van der Waals surface area contributed by atoms with Gasteiger partial charge in [-0.15, -0.1) is 11.3 Å². The minimum Gasteiger partial charge on any atom is -0.380 e. The van der Waals surface area contributed by atoms with Crippen LogP contribution >= 0.6 is 34.3 Å². The number of hydrogen-bond acceptors (Lipinski definition) is 6. The second kappa shape index (κ2) is 10.8. The van der Waals surface area contributed by atoms with Crippen LogP contribution in [0.25, 0.3) is 0 Å². The molecule has 1 saturated heterocycles. The average Bonchev–Trinajstić information content (AvgIpc) is 3.58. The Balaban J connectivity index is 1.32. The molecule has 1 aliphatic rings. The summed E-state index contributed by atoms with van der Waals surface area (Å²) in [6.07, 6.45) is -1.35. The van der Waals surface area contributed by atoms with Gasteiger partial charge in [0.1, 0.15) is 0 Å². The van der Waals surface area contributed by atoms with Crippen LogP contribution in [0.5, 0.6) is 0 Å². The highest BCUT2D eigenvalue weighted by atomic mass is 35.5. The molecular formula is C24H25ClN2O4S2. The summed E-state index contributed by atoms with van der Waals surface area (Å²) >= 11 is 9.25. The number of thiophene rings is 2. The van der Waals surface area contributed by atoms with Crippen molar-refractivity contribution in [2.45, 2.75) is 44.1 Å². The van der Waals surface area contributed by atoms with E-state index in [2.05, 4.69) is 16.8 Å². The van der Waals surface area contributed by atoms with Gasteiger partial charge in [0.15, 0.2) is 12.2 Å². The Morgan fingerprint density at radius 1 is 1.15 bits per heavy atom. The third-order valence-electron chi connectivity index (χ3n) is 5.72. The van der Waals surface area contributed by atoms with Gasteiger partial charge in [0.05, 0.1) is 12.6 Å². The molecule has 1 unspecified atom stereocenters. The first-order valence-corrected chi connectivity index (χ1v) is 12.9. The summed E-state index contributed by atoms with van der Waals surface area (Å²) in [6, 6.07) is 11.1. The minimum atomic E-state index is -1.84. The first kappa shape index (κ1) is 23.9. The van der Waals surface area contributed by atoms with E-state index in [4.69, 9.17) is 11.6 Å². The summed E-state index contributed by atoms with van der Waals surface area (Å²) in [5.74, 6) is -1.43. The highest BCUT2D eigenvalue weighted by molar-refractivity contribution is 7.10. The van der Waals surface area contributed by atoms with E-state index in [0.717, 1.165) is 35.3 Å². The van der Waals surface area contributed by atoms with Crippen LogP contribution < -0.4 is 5.32 Å². The SMILES string of the molecule is O=C(NCc1cc(Cc2ccsc2)cs1)[C@H](O)[C@@H](O)C(=O)N1CCCC1c1cccc(Cl)c1. The molecule has 174 valence electrons. The van der Waals surface area contributed by atoms with Crippen molar-refractivity contribution in [1.29, 1.82) is 0 Å². The topological polar surface area (TPSA) is 89.9 Å². The maximum atomic E-state index is 12.9. The predicted octanol–water partition coefficient (Wildman–Crippen LogP) is 3.76. The maximum absolute atomic E-state index is 12.9. The maximum Gasteiger partial charge on any atom is 0.255 e. The molecule has 2 amide bonds. The van der Waals surface area contributed by atoms with Gasteiger partial charge in [-0.2, -0.15) is 11.3 Å². The number of nitrogens with one attached hydrogen (secondary N) is 1. The van der Waals surface area contributed by atoms with Crippen LogP contribution in [0, 0.1) is 0 Å². The predicted molar refractivity (Wildman–Crippen MR) is 130 cm³/mol. The molecule has 3 atom stereocenters. The number of carbonyl (C=O) groups is 2. The van der Waals surface area contributed by atoms with Gasteiger partial charge in [0.2, 0.25) is 0 Å². The Morgan fingerprint density at radius 3 is 2.76 bits per heavy atom. The van der Waals surface area contributed by atoms with Crippen LogP contribution in [0.3, 0.4) is 0 Å². The lowest BCUT2D eigenvalue weighted by atomic mass is 10.0. The molecule has 1 aromatic carbocycles. The van der Waals surface area contributed by atoms with E-state index >= 15 is 0 Å². The molecule has 0 saturated carbocycles. The Morgan fingerprint density at radius 2 is 2.00 bits per heavy atom. The summed E-state index contributed by atoms with van der Waals surface area (Å²) in [7, 11) is 0. The van der Waals surface area contributed by atoms with E-state index in [1.165, 1.54) is 21.8 Å². The number of hydrogen-bond donors (Lipinski definition) is 3. The lowest BCUT2D eigenvalue weighted by Crippen LogP contribution is -2.50. The van der Waals surface area contributed by atoms with Crippen LogP contribution in [0.1, 0.15) is 40.5 Å². The molecular weight excluding hydrogens is 480 g/mol. The fourth-order valence-corrected chi connectivity index (χ4v) is 5.75. The summed E-state index contributed by atoms with van der Waals surface area (Å²) in [5, 5.41) is 30.2. The van der Waals surface area contributed by atoms with Crippen LogP contribution in [-0.4, -0.2) is 45.7 Å².